The number of carbonyl (C=O) groups excluding carboxylic acids is 1. The molecule has 0 aromatic heterocycles. The number of amides is 1. The molecule has 1 saturated heterocycles. The summed E-state index contributed by atoms with van der Waals surface area (Å²) in [5, 5.41) is 49.1. The number of carbonyl (C=O) groups is 1. The topological polar surface area (TPSA) is 139 Å². The van der Waals surface area contributed by atoms with Gasteiger partial charge in [0.2, 0.25) is 0 Å². The molecule has 1 amide bonds. The van der Waals surface area contributed by atoms with E-state index in [1.165, 1.54) is 7.05 Å². The second kappa shape index (κ2) is 5.71. The second-order valence-electron chi connectivity index (χ2n) is 3.85. The van der Waals surface area contributed by atoms with Crippen LogP contribution in [0.2, 0.25) is 0 Å². The van der Waals surface area contributed by atoms with E-state index in [4.69, 9.17) is 9.84 Å². The third kappa shape index (κ3) is 2.73. The maximum atomic E-state index is 11.2. The van der Waals surface area contributed by atoms with Gasteiger partial charge in [-0.1, -0.05) is 0 Å². The van der Waals surface area contributed by atoms with Crippen molar-refractivity contribution >= 4 is 5.91 Å². The lowest BCUT2D eigenvalue weighted by molar-refractivity contribution is -0.247. The zero-order valence-corrected chi connectivity index (χ0v) is 9.22. The maximum absolute atomic E-state index is 11.2. The van der Waals surface area contributed by atoms with Crippen LogP contribution >= 0.6 is 0 Å². The molecule has 17 heavy (non-hydrogen) atoms. The molecule has 0 bridgehead atoms. The molecule has 6 N–H and O–H groups in total. The number of aliphatic hydroxyl groups is 5. The van der Waals surface area contributed by atoms with Crippen molar-refractivity contribution in [3.8, 4) is 0 Å². The number of nitrogens with one attached hydrogen (secondary N) is 1. The number of rotatable bonds is 3. The summed E-state index contributed by atoms with van der Waals surface area (Å²) in [6.07, 6.45) is -9.00. The number of likely N-dealkylation sites (N-methyl/N-ethyl adjacent to an activating group) is 1. The van der Waals surface area contributed by atoms with E-state index in [-0.39, 0.29) is 0 Å². The van der Waals surface area contributed by atoms with Crippen molar-refractivity contribution in [2.24, 2.45) is 0 Å². The molecule has 0 aromatic carbocycles. The van der Waals surface area contributed by atoms with Crippen molar-refractivity contribution in [1.82, 2.24) is 5.32 Å². The van der Waals surface area contributed by atoms with Gasteiger partial charge in [-0.2, -0.15) is 0 Å². The quantitative estimate of drug-likeness (QED) is 0.300. The van der Waals surface area contributed by atoms with Crippen LogP contribution in [0.5, 0.6) is 0 Å². The Morgan fingerprint density at radius 1 is 1.29 bits per heavy atom. The van der Waals surface area contributed by atoms with Crippen molar-refractivity contribution in [3.63, 3.8) is 0 Å². The van der Waals surface area contributed by atoms with Crippen LogP contribution in [0.1, 0.15) is 0 Å². The molecule has 0 spiro atoms. The summed E-state index contributed by atoms with van der Waals surface area (Å²) in [5.74, 6) is -0.797. The zero-order chi connectivity index (χ0) is 13.2. The Labute approximate surface area is 97.4 Å². The first-order valence-corrected chi connectivity index (χ1v) is 5.14. The fraction of sp³-hybridized carbons (Fsp3) is 0.889. The first kappa shape index (κ1) is 14.3. The molecule has 6 atom stereocenters. The van der Waals surface area contributed by atoms with Gasteiger partial charge in [-0.3, -0.25) is 4.79 Å². The minimum absolute atomic E-state index is 0.609. The average Bonchev–Trinajstić information content (AvgIpc) is 2.34. The van der Waals surface area contributed by atoms with Crippen molar-refractivity contribution in [2.45, 2.75) is 36.6 Å². The molecular weight excluding hydrogens is 234 g/mol. The first-order valence-electron chi connectivity index (χ1n) is 5.14. The van der Waals surface area contributed by atoms with Gasteiger partial charge in [0.25, 0.3) is 5.91 Å². The minimum atomic E-state index is -1.70. The monoisotopic (exact) mass is 251 g/mol. The van der Waals surface area contributed by atoms with Crippen molar-refractivity contribution in [3.05, 3.63) is 0 Å². The summed E-state index contributed by atoms with van der Waals surface area (Å²) in [7, 11) is 1.29. The molecule has 0 aliphatic carbocycles. The molecule has 0 radical (unpaired) electrons. The Kier molecular flexibility index (Phi) is 4.80. The molecule has 0 saturated carbocycles. The standard InChI is InChI=1S/C9H17NO7/c1-10-9(16)7(15)8-6(14)5(13)4(12)3(2-11)17-8/h3-8,11-15H,2H2,1H3,(H,10,16)/t3-,4+,5+,6-,7?,8?/m1/s1. The maximum Gasteiger partial charge on any atom is 0.251 e. The van der Waals surface area contributed by atoms with Crippen molar-refractivity contribution in [2.75, 3.05) is 13.7 Å². The molecule has 8 nitrogen and oxygen atoms in total. The van der Waals surface area contributed by atoms with Gasteiger partial charge < -0.3 is 35.6 Å². The Morgan fingerprint density at radius 3 is 2.35 bits per heavy atom. The first-order chi connectivity index (χ1) is 7.93. The van der Waals surface area contributed by atoms with Gasteiger partial charge in [-0.25, -0.2) is 0 Å². The van der Waals surface area contributed by atoms with Crippen molar-refractivity contribution < 1.29 is 35.1 Å². The molecule has 1 aliphatic heterocycles. The van der Waals surface area contributed by atoms with E-state index in [1.54, 1.807) is 0 Å². The van der Waals surface area contributed by atoms with E-state index >= 15 is 0 Å². The predicted molar refractivity (Wildman–Crippen MR) is 53.8 cm³/mol. The summed E-state index contributed by atoms with van der Waals surface area (Å²) in [4.78, 5) is 11.2. The highest BCUT2D eigenvalue weighted by atomic mass is 16.6. The lowest BCUT2D eigenvalue weighted by Gasteiger charge is -2.41. The van der Waals surface area contributed by atoms with Crippen LogP contribution in [-0.2, 0) is 9.53 Å². The molecule has 100 valence electrons. The molecule has 2 unspecified atom stereocenters. The number of ether oxygens (including phenoxy) is 1. The highest BCUT2D eigenvalue weighted by Gasteiger charge is 2.47. The summed E-state index contributed by atoms with van der Waals surface area (Å²) >= 11 is 0. The van der Waals surface area contributed by atoms with E-state index in [9.17, 15) is 25.2 Å². The third-order valence-electron chi connectivity index (χ3n) is 2.76. The fourth-order valence-corrected chi connectivity index (χ4v) is 1.69. The minimum Gasteiger partial charge on any atom is -0.394 e. The SMILES string of the molecule is CNC(=O)C(O)C1O[C@H](CO)[C@H](O)[C@H](O)[C@H]1O. The Bertz CT molecular complexity index is 272. The van der Waals surface area contributed by atoms with Crippen LogP contribution in [0.3, 0.4) is 0 Å². The van der Waals surface area contributed by atoms with Gasteiger partial charge >= 0.3 is 0 Å². The Morgan fingerprint density at radius 2 is 1.88 bits per heavy atom. The van der Waals surface area contributed by atoms with Gasteiger partial charge in [0.05, 0.1) is 6.61 Å². The molecule has 1 heterocycles. The molecule has 1 fully saturated rings. The largest absolute Gasteiger partial charge is 0.394 e. The molecular formula is C9H17NO7. The van der Waals surface area contributed by atoms with Gasteiger partial charge in [-0.15, -0.1) is 0 Å². The lowest BCUT2D eigenvalue weighted by Crippen LogP contribution is -2.63. The molecule has 0 aromatic rings. The van der Waals surface area contributed by atoms with E-state index in [0.29, 0.717) is 0 Å². The van der Waals surface area contributed by atoms with Crippen LogP contribution in [0.15, 0.2) is 0 Å². The van der Waals surface area contributed by atoms with Crippen LogP contribution in [0.4, 0.5) is 0 Å². The van der Waals surface area contributed by atoms with Crippen LogP contribution in [-0.4, -0.2) is 81.7 Å². The van der Waals surface area contributed by atoms with E-state index in [0.717, 1.165) is 0 Å². The van der Waals surface area contributed by atoms with Gasteiger partial charge in [0.1, 0.15) is 30.5 Å². The van der Waals surface area contributed by atoms with E-state index < -0.39 is 49.1 Å². The third-order valence-corrected chi connectivity index (χ3v) is 2.76. The molecule has 1 aliphatic rings. The van der Waals surface area contributed by atoms with Gasteiger partial charge in [0, 0.05) is 7.05 Å². The lowest BCUT2D eigenvalue weighted by atomic mass is 9.92. The number of hydrogen-bond donors (Lipinski definition) is 6. The normalized spacial score (nSPS) is 39.8. The molecule has 1 rings (SSSR count). The molecule has 8 heteroatoms. The van der Waals surface area contributed by atoms with E-state index in [2.05, 4.69) is 5.32 Å². The zero-order valence-electron chi connectivity index (χ0n) is 9.22. The predicted octanol–water partition coefficient (Wildman–Crippen LogP) is -4.06. The summed E-state index contributed by atoms with van der Waals surface area (Å²) in [6.45, 7) is -0.609. The smallest absolute Gasteiger partial charge is 0.251 e. The highest BCUT2D eigenvalue weighted by molar-refractivity contribution is 5.80. The number of aliphatic hydroxyl groups excluding tert-OH is 5. The Balaban J connectivity index is 2.81. The number of hydrogen-bond acceptors (Lipinski definition) is 7. The Hall–Kier alpha value is -0.770. The van der Waals surface area contributed by atoms with Gasteiger partial charge in [0.15, 0.2) is 6.10 Å². The van der Waals surface area contributed by atoms with Gasteiger partial charge in [-0.05, 0) is 0 Å². The summed E-state index contributed by atoms with van der Waals surface area (Å²) in [5.41, 5.74) is 0. The highest BCUT2D eigenvalue weighted by Crippen LogP contribution is 2.23. The second-order valence-corrected chi connectivity index (χ2v) is 3.85. The van der Waals surface area contributed by atoms with Crippen LogP contribution in [0, 0.1) is 0 Å². The van der Waals surface area contributed by atoms with E-state index in [1.807, 2.05) is 0 Å². The fourth-order valence-electron chi connectivity index (χ4n) is 1.69. The average molecular weight is 251 g/mol. The van der Waals surface area contributed by atoms with Crippen molar-refractivity contribution in [1.29, 1.82) is 0 Å². The van der Waals surface area contributed by atoms with Crippen LogP contribution in [0.25, 0.3) is 0 Å². The van der Waals surface area contributed by atoms with Crippen LogP contribution < -0.4 is 5.32 Å². The summed E-state index contributed by atoms with van der Waals surface area (Å²) in [6, 6.07) is 0. The summed E-state index contributed by atoms with van der Waals surface area (Å²) < 4.78 is 4.99.